The van der Waals surface area contributed by atoms with E-state index in [1.54, 1.807) is 0 Å². The fourth-order valence-corrected chi connectivity index (χ4v) is 3.00. The van der Waals surface area contributed by atoms with Gasteiger partial charge in [0.25, 0.3) is 0 Å². The Labute approximate surface area is 138 Å². The molecule has 0 unspecified atom stereocenters. The fraction of sp³-hybridized carbons (Fsp3) is 0.333. The first-order valence-electron chi connectivity index (χ1n) is 8.54. The number of rotatable bonds is 7. The molecular formula is C21H25NO. The van der Waals surface area contributed by atoms with Gasteiger partial charge in [0.2, 0.25) is 0 Å². The molecule has 0 atom stereocenters. The largest absolute Gasteiger partial charge is 0.361 e. The molecular weight excluding hydrogens is 282 g/mol. The number of nitrogens with zero attached hydrogens (tertiary/aromatic N) is 1. The summed E-state index contributed by atoms with van der Waals surface area (Å²) in [6, 6.07) is 17.5. The van der Waals surface area contributed by atoms with Crippen LogP contribution in [0.3, 0.4) is 0 Å². The van der Waals surface area contributed by atoms with E-state index < -0.39 is 0 Å². The van der Waals surface area contributed by atoms with E-state index >= 15 is 0 Å². The maximum absolute atomic E-state index is 5.78. The van der Waals surface area contributed by atoms with Gasteiger partial charge >= 0.3 is 0 Å². The van der Waals surface area contributed by atoms with Gasteiger partial charge in [0, 0.05) is 18.2 Å². The molecule has 23 heavy (non-hydrogen) atoms. The predicted octanol–water partition coefficient (Wildman–Crippen LogP) is 5.18. The minimum absolute atomic E-state index is 0.631. The van der Waals surface area contributed by atoms with E-state index in [4.69, 9.17) is 4.74 Å². The van der Waals surface area contributed by atoms with Crippen LogP contribution in [0.2, 0.25) is 0 Å². The van der Waals surface area contributed by atoms with Crippen LogP contribution in [0.5, 0.6) is 0 Å². The minimum Gasteiger partial charge on any atom is -0.361 e. The maximum Gasteiger partial charge on any atom is 0.122 e. The lowest BCUT2D eigenvalue weighted by molar-refractivity contribution is 0.0803. The van der Waals surface area contributed by atoms with Gasteiger partial charge in [-0.15, -0.1) is 0 Å². The summed E-state index contributed by atoms with van der Waals surface area (Å²) >= 11 is 0. The number of fused-ring (bicyclic) bond motifs is 1. The third kappa shape index (κ3) is 3.65. The summed E-state index contributed by atoms with van der Waals surface area (Å²) < 4.78 is 8.03. The molecule has 0 aliphatic carbocycles. The van der Waals surface area contributed by atoms with E-state index in [-0.39, 0.29) is 0 Å². The highest BCUT2D eigenvalue weighted by Gasteiger charge is 2.10. The first-order valence-corrected chi connectivity index (χ1v) is 8.54. The van der Waals surface area contributed by atoms with Crippen LogP contribution in [0.15, 0.2) is 54.7 Å². The van der Waals surface area contributed by atoms with Crippen LogP contribution in [0.1, 0.15) is 37.0 Å². The average Bonchev–Trinajstić information content (AvgIpc) is 2.93. The summed E-state index contributed by atoms with van der Waals surface area (Å²) in [6.45, 7) is 5.78. The molecule has 0 amide bonds. The summed E-state index contributed by atoms with van der Waals surface area (Å²) in [5.41, 5.74) is 5.37. The first kappa shape index (κ1) is 15.8. The molecule has 0 N–H and O–H groups in total. The predicted molar refractivity (Wildman–Crippen MR) is 96.8 cm³/mol. The third-order valence-corrected chi connectivity index (χ3v) is 4.25. The molecule has 120 valence electrons. The number of benzene rings is 2. The van der Waals surface area contributed by atoms with Crippen LogP contribution in [0.25, 0.3) is 10.9 Å². The molecule has 0 aliphatic rings. The molecule has 2 heteroatoms. The Hall–Kier alpha value is -2.06. The zero-order chi connectivity index (χ0) is 16.1. The smallest absolute Gasteiger partial charge is 0.122 e. The molecule has 0 radical (unpaired) electrons. The van der Waals surface area contributed by atoms with Gasteiger partial charge in [-0.1, -0.05) is 56.3 Å². The molecule has 3 rings (SSSR count). The Balaban J connectivity index is 1.96. The Bertz CT molecular complexity index is 758. The number of aryl methyl sites for hydroxylation is 1. The Morgan fingerprint density at radius 1 is 0.957 bits per heavy atom. The molecule has 1 heterocycles. The highest BCUT2D eigenvalue weighted by atomic mass is 16.5. The van der Waals surface area contributed by atoms with E-state index in [0.29, 0.717) is 6.73 Å². The first-order chi connectivity index (χ1) is 11.3. The molecule has 2 aromatic carbocycles. The van der Waals surface area contributed by atoms with Gasteiger partial charge in [-0.05, 0) is 42.0 Å². The van der Waals surface area contributed by atoms with Gasteiger partial charge in [-0.25, -0.2) is 0 Å². The zero-order valence-corrected chi connectivity index (χ0v) is 14.1. The third-order valence-electron chi connectivity index (χ3n) is 4.25. The summed E-state index contributed by atoms with van der Waals surface area (Å²) in [5.74, 6) is 0. The molecule has 1 aromatic heterocycles. The molecule has 3 aromatic rings. The van der Waals surface area contributed by atoms with Crippen molar-refractivity contribution in [2.24, 2.45) is 0 Å². The standard InChI is InChI=1S/C21H25NO/c1-3-12-23-16-22-15-19(13-18-8-6-5-7-9-18)20-11-10-17(4-2)14-21(20)22/h5-11,14-15H,3-4,12-13,16H2,1-2H3. The van der Waals surface area contributed by atoms with Crippen molar-refractivity contribution in [3.8, 4) is 0 Å². The van der Waals surface area contributed by atoms with E-state index in [0.717, 1.165) is 25.9 Å². The van der Waals surface area contributed by atoms with E-state index in [1.165, 1.54) is 27.6 Å². The second-order valence-corrected chi connectivity index (χ2v) is 6.03. The second-order valence-electron chi connectivity index (χ2n) is 6.03. The molecule has 2 nitrogen and oxygen atoms in total. The van der Waals surface area contributed by atoms with Crippen LogP contribution in [0.4, 0.5) is 0 Å². The summed E-state index contributed by atoms with van der Waals surface area (Å²) in [5, 5.41) is 1.34. The highest BCUT2D eigenvalue weighted by molar-refractivity contribution is 5.85. The quantitative estimate of drug-likeness (QED) is 0.549. The van der Waals surface area contributed by atoms with Crippen molar-refractivity contribution in [3.05, 3.63) is 71.4 Å². The molecule has 0 aliphatic heterocycles. The van der Waals surface area contributed by atoms with Crippen LogP contribution in [-0.4, -0.2) is 11.2 Å². The lowest BCUT2D eigenvalue weighted by atomic mass is 10.0. The monoisotopic (exact) mass is 307 g/mol. The Morgan fingerprint density at radius 2 is 1.78 bits per heavy atom. The summed E-state index contributed by atoms with van der Waals surface area (Å²) in [7, 11) is 0. The van der Waals surface area contributed by atoms with Gasteiger partial charge in [0.15, 0.2) is 0 Å². The van der Waals surface area contributed by atoms with Crippen molar-refractivity contribution in [1.82, 2.24) is 4.57 Å². The Morgan fingerprint density at radius 3 is 2.52 bits per heavy atom. The topological polar surface area (TPSA) is 14.2 Å². The second kappa shape index (κ2) is 7.47. The van der Waals surface area contributed by atoms with Crippen LogP contribution in [-0.2, 0) is 24.3 Å². The number of aromatic nitrogens is 1. The summed E-state index contributed by atoms with van der Waals surface area (Å²) in [6.07, 6.45) is 5.33. The van der Waals surface area contributed by atoms with Gasteiger partial charge in [0.1, 0.15) is 6.73 Å². The molecule has 0 spiro atoms. The van der Waals surface area contributed by atoms with Crippen molar-refractivity contribution < 1.29 is 4.74 Å². The number of hydrogen-bond acceptors (Lipinski definition) is 1. The van der Waals surface area contributed by atoms with Gasteiger partial charge in [-0.3, -0.25) is 0 Å². The normalized spacial score (nSPS) is 11.2. The summed E-state index contributed by atoms with van der Waals surface area (Å²) in [4.78, 5) is 0. The fourth-order valence-electron chi connectivity index (χ4n) is 3.00. The number of ether oxygens (including phenoxy) is 1. The van der Waals surface area contributed by atoms with E-state index in [2.05, 4.69) is 73.1 Å². The van der Waals surface area contributed by atoms with Gasteiger partial charge < -0.3 is 9.30 Å². The average molecular weight is 307 g/mol. The molecule has 0 saturated heterocycles. The van der Waals surface area contributed by atoms with Crippen molar-refractivity contribution in [2.45, 2.75) is 39.8 Å². The lowest BCUT2D eigenvalue weighted by Gasteiger charge is -2.06. The molecule has 0 fully saturated rings. The van der Waals surface area contributed by atoms with E-state index in [9.17, 15) is 0 Å². The van der Waals surface area contributed by atoms with Crippen molar-refractivity contribution >= 4 is 10.9 Å². The zero-order valence-electron chi connectivity index (χ0n) is 14.1. The van der Waals surface area contributed by atoms with Crippen LogP contribution < -0.4 is 0 Å². The van der Waals surface area contributed by atoms with Crippen molar-refractivity contribution in [2.75, 3.05) is 6.61 Å². The Kier molecular flexibility index (Phi) is 5.14. The van der Waals surface area contributed by atoms with Crippen molar-refractivity contribution in [3.63, 3.8) is 0 Å². The SMILES string of the molecule is CCCOCn1cc(Cc2ccccc2)c2ccc(CC)cc21. The molecule has 0 saturated carbocycles. The number of hydrogen-bond donors (Lipinski definition) is 0. The minimum atomic E-state index is 0.631. The van der Waals surface area contributed by atoms with Gasteiger partial charge in [0.05, 0.1) is 5.52 Å². The van der Waals surface area contributed by atoms with Crippen LogP contribution >= 0.6 is 0 Å². The van der Waals surface area contributed by atoms with Crippen LogP contribution in [0, 0.1) is 0 Å². The van der Waals surface area contributed by atoms with E-state index in [1.807, 2.05) is 0 Å². The highest BCUT2D eigenvalue weighted by Crippen LogP contribution is 2.25. The lowest BCUT2D eigenvalue weighted by Crippen LogP contribution is -2.02. The van der Waals surface area contributed by atoms with Gasteiger partial charge in [-0.2, -0.15) is 0 Å². The molecule has 0 bridgehead atoms. The maximum atomic E-state index is 5.78. The van der Waals surface area contributed by atoms with Crippen molar-refractivity contribution in [1.29, 1.82) is 0 Å².